The van der Waals surface area contributed by atoms with Gasteiger partial charge in [-0.2, -0.15) is 0 Å². The maximum absolute atomic E-state index is 9.31. The Labute approximate surface area is 92.3 Å². The zero-order valence-electron chi connectivity index (χ0n) is 9.66. The van der Waals surface area contributed by atoms with Crippen molar-refractivity contribution in [2.75, 3.05) is 13.1 Å². The lowest BCUT2D eigenvalue weighted by Crippen LogP contribution is -2.20. The molecule has 1 rings (SSSR count). The van der Waals surface area contributed by atoms with E-state index in [1.165, 1.54) is 5.56 Å². The van der Waals surface area contributed by atoms with E-state index in [0.29, 0.717) is 11.7 Å². The van der Waals surface area contributed by atoms with Gasteiger partial charge in [-0.3, -0.25) is 0 Å². The first-order valence-electron chi connectivity index (χ1n) is 5.71. The van der Waals surface area contributed by atoms with Crippen LogP contribution in [0.2, 0.25) is 0 Å². The average Bonchev–Trinajstić information content (AvgIpc) is 2.23. The molecule has 0 bridgehead atoms. The van der Waals surface area contributed by atoms with Gasteiger partial charge in [0.15, 0.2) is 0 Å². The number of benzene rings is 1. The quantitative estimate of drug-likeness (QED) is 0.751. The second-order valence-corrected chi connectivity index (χ2v) is 4.12. The Morgan fingerprint density at radius 1 is 1.40 bits per heavy atom. The summed E-state index contributed by atoms with van der Waals surface area (Å²) in [4.78, 5) is 0. The van der Waals surface area contributed by atoms with E-state index in [1.54, 1.807) is 6.07 Å². The first-order chi connectivity index (χ1) is 7.22. The van der Waals surface area contributed by atoms with Crippen LogP contribution in [0.25, 0.3) is 0 Å². The second kappa shape index (κ2) is 6.46. The molecule has 0 aliphatic carbocycles. The third-order valence-corrected chi connectivity index (χ3v) is 2.58. The Morgan fingerprint density at radius 2 is 2.20 bits per heavy atom. The predicted octanol–water partition coefficient (Wildman–Crippen LogP) is 2.57. The summed E-state index contributed by atoms with van der Waals surface area (Å²) in [5.41, 5.74) is 1.22. The van der Waals surface area contributed by atoms with Gasteiger partial charge in [-0.15, -0.1) is 0 Å². The zero-order chi connectivity index (χ0) is 11.1. The Morgan fingerprint density at radius 3 is 2.87 bits per heavy atom. The number of hydrogen-bond donors (Lipinski definition) is 2. The minimum Gasteiger partial charge on any atom is -0.508 e. The van der Waals surface area contributed by atoms with Gasteiger partial charge in [-0.05, 0) is 49.5 Å². The van der Waals surface area contributed by atoms with Crippen LogP contribution in [0.4, 0.5) is 0 Å². The van der Waals surface area contributed by atoms with Crippen molar-refractivity contribution in [3.63, 3.8) is 0 Å². The monoisotopic (exact) mass is 207 g/mol. The molecule has 2 heteroatoms. The van der Waals surface area contributed by atoms with E-state index in [1.807, 2.05) is 12.1 Å². The van der Waals surface area contributed by atoms with E-state index in [4.69, 9.17) is 0 Å². The standard InChI is InChI=1S/C13H21NO/c1-3-14-10-11(2)7-8-12-5-4-6-13(15)9-12/h4-6,9,11,14-15H,3,7-8,10H2,1-2H3. The van der Waals surface area contributed by atoms with Gasteiger partial charge in [-0.1, -0.05) is 26.0 Å². The number of phenols is 1. The molecule has 1 unspecified atom stereocenters. The molecular formula is C13H21NO. The number of aromatic hydroxyl groups is 1. The van der Waals surface area contributed by atoms with Crippen LogP contribution in [0.1, 0.15) is 25.8 Å². The van der Waals surface area contributed by atoms with Gasteiger partial charge in [-0.25, -0.2) is 0 Å². The molecule has 0 radical (unpaired) electrons. The van der Waals surface area contributed by atoms with E-state index in [2.05, 4.69) is 25.2 Å². The highest BCUT2D eigenvalue weighted by molar-refractivity contribution is 5.27. The fourth-order valence-corrected chi connectivity index (χ4v) is 1.62. The number of rotatable bonds is 6. The van der Waals surface area contributed by atoms with E-state index < -0.39 is 0 Å². The number of aryl methyl sites for hydroxylation is 1. The molecule has 0 saturated heterocycles. The topological polar surface area (TPSA) is 32.3 Å². The molecule has 0 aliphatic heterocycles. The maximum Gasteiger partial charge on any atom is 0.115 e. The SMILES string of the molecule is CCNCC(C)CCc1cccc(O)c1. The highest BCUT2D eigenvalue weighted by Gasteiger charge is 2.02. The molecule has 0 aliphatic rings. The molecule has 2 N–H and O–H groups in total. The molecule has 0 saturated carbocycles. The average molecular weight is 207 g/mol. The molecule has 0 amide bonds. The highest BCUT2D eigenvalue weighted by atomic mass is 16.3. The van der Waals surface area contributed by atoms with Gasteiger partial charge in [0.05, 0.1) is 0 Å². The fraction of sp³-hybridized carbons (Fsp3) is 0.538. The summed E-state index contributed by atoms with van der Waals surface area (Å²) in [5, 5.41) is 12.7. The molecule has 15 heavy (non-hydrogen) atoms. The zero-order valence-corrected chi connectivity index (χ0v) is 9.66. The van der Waals surface area contributed by atoms with E-state index in [-0.39, 0.29) is 0 Å². The van der Waals surface area contributed by atoms with Crippen molar-refractivity contribution in [1.29, 1.82) is 0 Å². The van der Waals surface area contributed by atoms with Gasteiger partial charge in [0.2, 0.25) is 0 Å². The smallest absolute Gasteiger partial charge is 0.115 e. The number of nitrogens with one attached hydrogen (secondary N) is 1. The normalized spacial score (nSPS) is 12.7. The lowest BCUT2D eigenvalue weighted by atomic mass is 10.0. The van der Waals surface area contributed by atoms with Crippen molar-refractivity contribution in [3.8, 4) is 5.75 Å². The van der Waals surface area contributed by atoms with Crippen LogP contribution in [0.15, 0.2) is 24.3 Å². The van der Waals surface area contributed by atoms with E-state index in [0.717, 1.165) is 25.9 Å². The molecule has 0 aromatic heterocycles. The molecule has 1 aromatic rings. The lowest BCUT2D eigenvalue weighted by Gasteiger charge is -2.11. The third kappa shape index (κ3) is 4.84. The summed E-state index contributed by atoms with van der Waals surface area (Å²) in [6.07, 6.45) is 2.21. The third-order valence-electron chi connectivity index (χ3n) is 2.58. The molecule has 0 heterocycles. The second-order valence-electron chi connectivity index (χ2n) is 4.12. The molecule has 0 spiro atoms. The van der Waals surface area contributed by atoms with Crippen molar-refractivity contribution in [2.45, 2.75) is 26.7 Å². The van der Waals surface area contributed by atoms with Gasteiger partial charge in [0.25, 0.3) is 0 Å². The number of hydrogen-bond acceptors (Lipinski definition) is 2. The van der Waals surface area contributed by atoms with Crippen LogP contribution in [0.3, 0.4) is 0 Å². The Balaban J connectivity index is 2.30. The summed E-state index contributed by atoms with van der Waals surface area (Å²) >= 11 is 0. The van der Waals surface area contributed by atoms with Crippen molar-refractivity contribution in [3.05, 3.63) is 29.8 Å². The van der Waals surface area contributed by atoms with Gasteiger partial charge in [0, 0.05) is 0 Å². The van der Waals surface area contributed by atoms with Gasteiger partial charge in [0.1, 0.15) is 5.75 Å². The van der Waals surface area contributed by atoms with Crippen LogP contribution in [0.5, 0.6) is 5.75 Å². The molecule has 84 valence electrons. The van der Waals surface area contributed by atoms with Gasteiger partial charge < -0.3 is 10.4 Å². The van der Waals surface area contributed by atoms with Crippen molar-refractivity contribution >= 4 is 0 Å². The predicted molar refractivity (Wildman–Crippen MR) is 64.1 cm³/mol. The first kappa shape index (κ1) is 12.1. The van der Waals surface area contributed by atoms with Gasteiger partial charge >= 0.3 is 0 Å². The Bertz CT molecular complexity index is 286. The van der Waals surface area contributed by atoms with Crippen LogP contribution >= 0.6 is 0 Å². The number of phenolic OH excluding ortho intramolecular Hbond substituents is 1. The summed E-state index contributed by atoms with van der Waals surface area (Å²) in [7, 11) is 0. The van der Waals surface area contributed by atoms with Crippen LogP contribution < -0.4 is 5.32 Å². The molecule has 1 atom stereocenters. The fourth-order valence-electron chi connectivity index (χ4n) is 1.62. The molecule has 1 aromatic carbocycles. The van der Waals surface area contributed by atoms with Crippen molar-refractivity contribution < 1.29 is 5.11 Å². The summed E-state index contributed by atoms with van der Waals surface area (Å²) in [6.45, 7) is 6.50. The largest absolute Gasteiger partial charge is 0.508 e. The first-order valence-corrected chi connectivity index (χ1v) is 5.71. The summed E-state index contributed by atoms with van der Waals surface area (Å²) < 4.78 is 0. The highest BCUT2D eigenvalue weighted by Crippen LogP contribution is 2.14. The minimum absolute atomic E-state index is 0.367. The van der Waals surface area contributed by atoms with E-state index >= 15 is 0 Å². The summed E-state index contributed by atoms with van der Waals surface area (Å²) in [5.74, 6) is 1.05. The van der Waals surface area contributed by atoms with Crippen LogP contribution in [-0.4, -0.2) is 18.2 Å². The molecule has 2 nitrogen and oxygen atoms in total. The minimum atomic E-state index is 0.367. The van der Waals surface area contributed by atoms with E-state index in [9.17, 15) is 5.11 Å². The molecule has 0 fully saturated rings. The van der Waals surface area contributed by atoms with Crippen molar-refractivity contribution in [1.82, 2.24) is 5.32 Å². The Kier molecular flexibility index (Phi) is 5.19. The van der Waals surface area contributed by atoms with Crippen LogP contribution in [-0.2, 0) is 6.42 Å². The maximum atomic E-state index is 9.31. The van der Waals surface area contributed by atoms with Crippen molar-refractivity contribution in [2.24, 2.45) is 5.92 Å². The summed E-state index contributed by atoms with van der Waals surface area (Å²) in [6, 6.07) is 7.53. The lowest BCUT2D eigenvalue weighted by molar-refractivity contribution is 0.471. The Hall–Kier alpha value is -1.02. The van der Waals surface area contributed by atoms with Crippen LogP contribution in [0, 0.1) is 5.92 Å². The molecular weight excluding hydrogens is 186 g/mol.